The highest BCUT2D eigenvalue weighted by Gasteiger charge is 2.18. The molecule has 0 aliphatic rings. The molecule has 0 radical (unpaired) electrons. The van der Waals surface area contributed by atoms with Crippen LogP contribution in [0, 0.1) is 0 Å². The van der Waals surface area contributed by atoms with Gasteiger partial charge in [-0.05, 0) is 12.1 Å². The molecule has 0 aromatic carbocycles. The second kappa shape index (κ2) is 7.71. The third kappa shape index (κ3) is 5.18. The standard InChI is InChI=1S/C12H16N2O3S/c1-2-11(15)14-10(12(16)17)8-18-7-9-5-3-4-6-13-9/h3-6,10H,2,7-8H2,1H3,(H,14,15)(H,16,17). The van der Waals surface area contributed by atoms with Gasteiger partial charge in [0.05, 0.1) is 5.69 Å². The summed E-state index contributed by atoms with van der Waals surface area (Å²) in [5.74, 6) is -0.296. The minimum Gasteiger partial charge on any atom is -0.480 e. The van der Waals surface area contributed by atoms with Crippen molar-refractivity contribution < 1.29 is 14.7 Å². The molecule has 0 spiro atoms. The van der Waals surface area contributed by atoms with Crippen LogP contribution in [-0.2, 0) is 15.3 Å². The third-order valence-electron chi connectivity index (χ3n) is 2.22. The third-order valence-corrected chi connectivity index (χ3v) is 3.28. The number of amides is 1. The molecule has 0 bridgehead atoms. The van der Waals surface area contributed by atoms with E-state index in [0.717, 1.165) is 5.69 Å². The zero-order chi connectivity index (χ0) is 13.4. The minimum atomic E-state index is -1.01. The van der Waals surface area contributed by atoms with Gasteiger partial charge in [0.15, 0.2) is 0 Å². The van der Waals surface area contributed by atoms with Gasteiger partial charge in [0, 0.05) is 24.1 Å². The average molecular weight is 268 g/mol. The summed E-state index contributed by atoms with van der Waals surface area (Å²) in [6.45, 7) is 1.69. The van der Waals surface area contributed by atoms with Crippen LogP contribution in [0.15, 0.2) is 24.4 Å². The lowest BCUT2D eigenvalue weighted by molar-refractivity contribution is -0.141. The van der Waals surface area contributed by atoms with Gasteiger partial charge in [-0.2, -0.15) is 11.8 Å². The van der Waals surface area contributed by atoms with Gasteiger partial charge in [-0.3, -0.25) is 9.78 Å². The van der Waals surface area contributed by atoms with Crippen LogP contribution < -0.4 is 5.32 Å². The lowest BCUT2D eigenvalue weighted by Crippen LogP contribution is -2.42. The van der Waals surface area contributed by atoms with Crippen LogP contribution >= 0.6 is 11.8 Å². The van der Waals surface area contributed by atoms with Gasteiger partial charge in [0.1, 0.15) is 6.04 Å². The predicted molar refractivity (Wildman–Crippen MR) is 70.3 cm³/mol. The Labute approximate surface area is 110 Å². The topological polar surface area (TPSA) is 79.3 Å². The first-order valence-corrected chi connectivity index (χ1v) is 6.78. The summed E-state index contributed by atoms with van der Waals surface area (Å²) in [6, 6.07) is 4.76. The predicted octanol–water partition coefficient (Wildman–Crippen LogP) is 1.29. The number of carbonyl (C=O) groups is 2. The summed E-state index contributed by atoms with van der Waals surface area (Å²) in [4.78, 5) is 26.3. The molecule has 0 aliphatic carbocycles. The van der Waals surface area contributed by atoms with E-state index in [-0.39, 0.29) is 12.3 Å². The zero-order valence-electron chi connectivity index (χ0n) is 10.1. The van der Waals surface area contributed by atoms with Crippen molar-refractivity contribution in [1.29, 1.82) is 0 Å². The van der Waals surface area contributed by atoms with Gasteiger partial charge < -0.3 is 10.4 Å². The van der Waals surface area contributed by atoms with Gasteiger partial charge in [-0.25, -0.2) is 4.79 Å². The Bertz CT molecular complexity index is 398. The van der Waals surface area contributed by atoms with Gasteiger partial charge in [0.25, 0.3) is 0 Å². The number of carbonyl (C=O) groups excluding carboxylic acids is 1. The average Bonchev–Trinajstić information content (AvgIpc) is 2.38. The molecule has 1 unspecified atom stereocenters. The molecule has 1 aromatic rings. The fraction of sp³-hybridized carbons (Fsp3) is 0.417. The summed E-state index contributed by atoms with van der Waals surface area (Å²) in [7, 11) is 0. The number of nitrogens with zero attached hydrogens (tertiary/aromatic N) is 1. The second-order valence-corrected chi connectivity index (χ2v) is 4.68. The lowest BCUT2D eigenvalue weighted by Gasteiger charge is -2.13. The van der Waals surface area contributed by atoms with Gasteiger partial charge in [-0.15, -0.1) is 0 Å². The Morgan fingerprint density at radius 2 is 2.28 bits per heavy atom. The second-order valence-electron chi connectivity index (χ2n) is 3.65. The van der Waals surface area contributed by atoms with E-state index in [0.29, 0.717) is 11.5 Å². The number of carboxylic acid groups (broad SMARTS) is 1. The summed E-state index contributed by atoms with van der Waals surface area (Å²) in [6.07, 6.45) is 1.98. The van der Waals surface area contributed by atoms with Crippen molar-refractivity contribution in [3.8, 4) is 0 Å². The highest BCUT2D eigenvalue weighted by atomic mass is 32.2. The maximum absolute atomic E-state index is 11.2. The van der Waals surface area contributed by atoms with E-state index < -0.39 is 12.0 Å². The van der Waals surface area contributed by atoms with E-state index >= 15 is 0 Å². The molecule has 2 N–H and O–H groups in total. The van der Waals surface area contributed by atoms with Crippen molar-refractivity contribution >= 4 is 23.6 Å². The number of aliphatic carboxylic acids is 1. The Kier molecular flexibility index (Phi) is 6.21. The monoisotopic (exact) mass is 268 g/mol. The number of rotatable bonds is 7. The molecular weight excluding hydrogens is 252 g/mol. The Morgan fingerprint density at radius 3 is 2.83 bits per heavy atom. The summed E-state index contributed by atoms with van der Waals surface area (Å²) < 4.78 is 0. The van der Waals surface area contributed by atoms with E-state index in [4.69, 9.17) is 5.11 Å². The molecule has 1 heterocycles. The van der Waals surface area contributed by atoms with Crippen molar-refractivity contribution in [2.45, 2.75) is 25.1 Å². The molecule has 1 amide bonds. The van der Waals surface area contributed by atoms with Crippen molar-refractivity contribution in [3.63, 3.8) is 0 Å². The number of carboxylic acids is 1. The number of aromatic nitrogens is 1. The maximum atomic E-state index is 11.2. The number of hydrogen-bond donors (Lipinski definition) is 2. The van der Waals surface area contributed by atoms with Crippen LogP contribution in [0.1, 0.15) is 19.0 Å². The maximum Gasteiger partial charge on any atom is 0.327 e. The van der Waals surface area contributed by atoms with Crippen molar-refractivity contribution in [2.75, 3.05) is 5.75 Å². The van der Waals surface area contributed by atoms with Crippen LogP contribution in [0.25, 0.3) is 0 Å². The fourth-order valence-electron chi connectivity index (χ4n) is 1.24. The van der Waals surface area contributed by atoms with Crippen LogP contribution in [0.3, 0.4) is 0 Å². The van der Waals surface area contributed by atoms with Crippen molar-refractivity contribution in [1.82, 2.24) is 10.3 Å². The number of pyridine rings is 1. The number of thioether (sulfide) groups is 1. The Hall–Kier alpha value is -1.56. The first kappa shape index (κ1) is 14.5. The summed E-state index contributed by atoms with van der Waals surface area (Å²) in [5.41, 5.74) is 0.897. The highest BCUT2D eigenvalue weighted by molar-refractivity contribution is 7.98. The zero-order valence-corrected chi connectivity index (χ0v) is 10.9. The molecule has 0 fully saturated rings. The minimum absolute atomic E-state index is 0.249. The van der Waals surface area contributed by atoms with Gasteiger partial charge in [-0.1, -0.05) is 13.0 Å². The van der Waals surface area contributed by atoms with Gasteiger partial charge >= 0.3 is 5.97 Å². The molecule has 5 nitrogen and oxygen atoms in total. The van der Waals surface area contributed by atoms with Gasteiger partial charge in [0.2, 0.25) is 5.91 Å². The number of hydrogen-bond acceptors (Lipinski definition) is 4. The van der Waals surface area contributed by atoms with Crippen LogP contribution in [0.2, 0.25) is 0 Å². The van der Waals surface area contributed by atoms with Crippen molar-refractivity contribution in [2.24, 2.45) is 0 Å². The number of nitrogens with one attached hydrogen (secondary N) is 1. The smallest absolute Gasteiger partial charge is 0.327 e. The SMILES string of the molecule is CCC(=O)NC(CSCc1ccccn1)C(=O)O. The highest BCUT2D eigenvalue weighted by Crippen LogP contribution is 2.11. The first-order valence-electron chi connectivity index (χ1n) is 5.63. The molecule has 0 saturated heterocycles. The summed E-state index contributed by atoms with van der Waals surface area (Å²) in [5, 5.41) is 11.4. The molecule has 6 heteroatoms. The fourth-order valence-corrected chi connectivity index (χ4v) is 2.20. The van der Waals surface area contributed by atoms with Crippen LogP contribution in [0.5, 0.6) is 0 Å². The molecule has 0 aliphatic heterocycles. The van der Waals surface area contributed by atoms with E-state index in [1.165, 1.54) is 11.8 Å². The molecule has 1 aromatic heterocycles. The molecule has 18 heavy (non-hydrogen) atoms. The van der Waals surface area contributed by atoms with E-state index in [1.807, 2.05) is 18.2 Å². The van der Waals surface area contributed by atoms with E-state index in [1.54, 1.807) is 13.1 Å². The van der Waals surface area contributed by atoms with E-state index in [9.17, 15) is 9.59 Å². The lowest BCUT2D eigenvalue weighted by atomic mass is 10.3. The molecule has 0 saturated carbocycles. The summed E-state index contributed by atoms with van der Waals surface area (Å²) >= 11 is 1.44. The van der Waals surface area contributed by atoms with E-state index in [2.05, 4.69) is 10.3 Å². The molecule has 1 rings (SSSR count). The van der Waals surface area contributed by atoms with Crippen LogP contribution in [0.4, 0.5) is 0 Å². The first-order chi connectivity index (χ1) is 8.63. The van der Waals surface area contributed by atoms with Crippen LogP contribution in [-0.4, -0.2) is 33.8 Å². The molecule has 98 valence electrons. The van der Waals surface area contributed by atoms with Crippen molar-refractivity contribution in [3.05, 3.63) is 30.1 Å². The molecular formula is C12H16N2O3S. The Balaban J connectivity index is 2.38. The largest absolute Gasteiger partial charge is 0.480 e. The quantitative estimate of drug-likeness (QED) is 0.779. The normalized spacial score (nSPS) is 11.8. The molecule has 1 atom stereocenters. The Morgan fingerprint density at radius 1 is 1.50 bits per heavy atom.